The fourth-order valence-corrected chi connectivity index (χ4v) is 3.16. The molecule has 1 N–H and O–H groups in total. The predicted octanol–water partition coefficient (Wildman–Crippen LogP) is 5.23. The molecule has 0 fully saturated rings. The van der Waals surface area contributed by atoms with E-state index < -0.39 is 5.91 Å². The van der Waals surface area contributed by atoms with Gasteiger partial charge in [-0.25, -0.2) is 14.2 Å². The van der Waals surface area contributed by atoms with Crippen LogP contribution in [0.3, 0.4) is 0 Å². The van der Waals surface area contributed by atoms with E-state index >= 15 is 0 Å². The average molecular weight is 446 g/mol. The van der Waals surface area contributed by atoms with E-state index in [0.717, 1.165) is 16.3 Å². The summed E-state index contributed by atoms with van der Waals surface area (Å²) in [5.41, 5.74) is 3.93. The summed E-state index contributed by atoms with van der Waals surface area (Å²) >= 11 is 0. The van der Waals surface area contributed by atoms with Crippen LogP contribution < -0.4 is 14.9 Å². The van der Waals surface area contributed by atoms with Crippen molar-refractivity contribution in [1.29, 1.82) is 0 Å². The van der Waals surface area contributed by atoms with Crippen molar-refractivity contribution in [3.63, 3.8) is 0 Å². The number of halogens is 2. The van der Waals surface area contributed by atoms with E-state index in [1.165, 1.54) is 42.6 Å². The van der Waals surface area contributed by atoms with Gasteiger partial charge >= 0.3 is 0 Å². The maximum atomic E-state index is 13.1. The predicted molar refractivity (Wildman–Crippen MR) is 122 cm³/mol. The molecule has 1 amide bonds. The lowest BCUT2D eigenvalue weighted by molar-refractivity contribution is -0.123. The van der Waals surface area contributed by atoms with Crippen LogP contribution in [0, 0.1) is 11.6 Å². The van der Waals surface area contributed by atoms with Crippen molar-refractivity contribution in [2.24, 2.45) is 5.10 Å². The zero-order chi connectivity index (χ0) is 23.0. The van der Waals surface area contributed by atoms with E-state index in [1.807, 2.05) is 36.4 Å². The van der Waals surface area contributed by atoms with Gasteiger partial charge in [-0.15, -0.1) is 0 Å². The van der Waals surface area contributed by atoms with E-state index in [0.29, 0.717) is 17.1 Å². The van der Waals surface area contributed by atoms with Gasteiger partial charge < -0.3 is 9.47 Å². The van der Waals surface area contributed by atoms with Crippen molar-refractivity contribution in [2.75, 3.05) is 6.61 Å². The molecule has 4 aromatic rings. The van der Waals surface area contributed by atoms with E-state index in [9.17, 15) is 13.6 Å². The minimum atomic E-state index is -0.468. The summed E-state index contributed by atoms with van der Waals surface area (Å²) < 4.78 is 37.4. The Morgan fingerprint density at radius 3 is 2.30 bits per heavy atom. The normalized spacial score (nSPS) is 11.0. The number of nitrogens with one attached hydrogen (secondary N) is 1. The number of benzene rings is 4. The number of carbonyl (C=O) groups is 1. The van der Waals surface area contributed by atoms with Gasteiger partial charge in [-0.05, 0) is 58.8 Å². The Labute approximate surface area is 189 Å². The van der Waals surface area contributed by atoms with Crippen molar-refractivity contribution in [2.45, 2.75) is 6.61 Å². The molecule has 33 heavy (non-hydrogen) atoms. The molecule has 0 spiro atoms. The van der Waals surface area contributed by atoms with Gasteiger partial charge in [0.25, 0.3) is 5.91 Å². The first-order valence-electron chi connectivity index (χ1n) is 10.2. The lowest BCUT2D eigenvalue weighted by Gasteiger charge is -2.12. The maximum absolute atomic E-state index is 13.1. The summed E-state index contributed by atoms with van der Waals surface area (Å²) in [4.78, 5) is 12.1. The van der Waals surface area contributed by atoms with Gasteiger partial charge in [-0.2, -0.15) is 5.10 Å². The average Bonchev–Trinajstić information content (AvgIpc) is 2.84. The van der Waals surface area contributed by atoms with Crippen molar-refractivity contribution in [1.82, 2.24) is 5.43 Å². The molecule has 0 aliphatic carbocycles. The number of hydrogen-bond acceptors (Lipinski definition) is 4. The third-order valence-electron chi connectivity index (χ3n) is 4.80. The van der Waals surface area contributed by atoms with Gasteiger partial charge in [0.2, 0.25) is 0 Å². The molecule has 0 unspecified atom stereocenters. The molecule has 0 radical (unpaired) electrons. The number of carbonyl (C=O) groups excluding carboxylic acids is 1. The standard InChI is InChI=1S/C26H20F2N2O3/c27-20-8-5-18(6-9-20)16-33-25-14-7-19-3-1-2-4-23(19)24(25)15-29-30-26(31)17-32-22-12-10-21(28)11-13-22/h1-15H,16-17H2,(H,30,31)/b29-15+. The van der Waals surface area contributed by atoms with Crippen LogP contribution in [0.15, 0.2) is 90.0 Å². The van der Waals surface area contributed by atoms with Crippen LogP contribution in [0.5, 0.6) is 11.5 Å². The molecule has 0 saturated carbocycles. The minimum Gasteiger partial charge on any atom is -0.488 e. The van der Waals surface area contributed by atoms with Crippen molar-refractivity contribution < 1.29 is 23.0 Å². The Balaban J connectivity index is 1.45. The molecule has 4 aromatic carbocycles. The minimum absolute atomic E-state index is 0.247. The molecule has 0 heterocycles. The lowest BCUT2D eigenvalue weighted by Crippen LogP contribution is -2.24. The fraction of sp³-hybridized carbons (Fsp3) is 0.0769. The number of nitrogens with zero attached hydrogens (tertiary/aromatic N) is 1. The third-order valence-corrected chi connectivity index (χ3v) is 4.80. The summed E-state index contributed by atoms with van der Waals surface area (Å²) in [6.07, 6.45) is 1.51. The Morgan fingerprint density at radius 2 is 1.55 bits per heavy atom. The van der Waals surface area contributed by atoms with Crippen LogP contribution in [0.1, 0.15) is 11.1 Å². The summed E-state index contributed by atoms with van der Waals surface area (Å²) in [7, 11) is 0. The largest absolute Gasteiger partial charge is 0.488 e. The SMILES string of the molecule is O=C(COc1ccc(F)cc1)N/N=C/c1c(OCc2ccc(F)cc2)ccc2ccccc12. The van der Waals surface area contributed by atoms with Crippen LogP contribution in [-0.4, -0.2) is 18.7 Å². The molecule has 5 nitrogen and oxygen atoms in total. The van der Waals surface area contributed by atoms with Crippen LogP contribution in [-0.2, 0) is 11.4 Å². The quantitative estimate of drug-likeness (QED) is 0.298. The van der Waals surface area contributed by atoms with E-state index in [4.69, 9.17) is 9.47 Å². The first-order chi connectivity index (χ1) is 16.1. The van der Waals surface area contributed by atoms with Gasteiger partial charge in [-0.3, -0.25) is 4.79 Å². The second kappa shape index (κ2) is 10.4. The second-order valence-corrected chi connectivity index (χ2v) is 7.15. The van der Waals surface area contributed by atoms with Crippen LogP contribution in [0.25, 0.3) is 10.8 Å². The second-order valence-electron chi connectivity index (χ2n) is 7.15. The van der Waals surface area contributed by atoms with Gasteiger partial charge in [0.15, 0.2) is 6.61 Å². The Morgan fingerprint density at radius 1 is 0.848 bits per heavy atom. The fourth-order valence-electron chi connectivity index (χ4n) is 3.16. The van der Waals surface area contributed by atoms with E-state index in [-0.39, 0.29) is 24.8 Å². The van der Waals surface area contributed by atoms with E-state index in [1.54, 1.807) is 12.1 Å². The molecule has 0 aliphatic heterocycles. The van der Waals surface area contributed by atoms with Crippen molar-refractivity contribution in [3.8, 4) is 11.5 Å². The zero-order valence-corrected chi connectivity index (χ0v) is 17.5. The third kappa shape index (κ3) is 5.92. The van der Waals surface area contributed by atoms with Crippen LogP contribution >= 0.6 is 0 Å². The zero-order valence-electron chi connectivity index (χ0n) is 17.5. The molecule has 0 bridgehead atoms. The molecular formula is C26H20F2N2O3. The number of ether oxygens (including phenoxy) is 2. The number of rotatable bonds is 8. The first kappa shape index (κ1) is 22.0. The monoisotopic (exact) mass is 446 g/mol. The summed E-state index contributed by atoms with van der Waals surface area (Å²) in [6.45, 7) is -0.0240. The smallest absolute Gasteiger partial charge is 0.277 e. The Kier molecular flexibility index (Phi) is 6.90. The molecular weight excluding hydrogens is 426 g/mol. The van der Waals surface area contributed by atoms with Crippen LogP contribution in [0.2, 0.25) is 0 Å². The summed E-state index contributed by atoms with van der Waals surface area (Å²) in [5, 5.41) is 5.93. The number of amides is 1. The van der Waals surface area contributed by atoms with Gasteiger partial charge in [0.1, 0.15) is 29.7 Å². The highest BCUT2D eigenvalue weighted by Gasteiger charge is 2.09. The maximum Gasteiger partial charge on any atom is 0.277 e. The topological polar surface area (TPSA) is 59.9 Å². The van der Waals surface area contributed by atoms with E-state index in [2.05, 4.69) is 10.5 Å². The van der Waals surface area contributed by atoms with Gasteiger partial charge in [-0.1, -0.05) is 42.5 Å². The summed E-state index contributed by atoms with van der Waals surface area (Å²) in [5.74, 6) is -0.218. The lowest BCUT2D eigenvalue weighted by atomic mass is 10.0. The number of hydrogen-bond donors (Lipinski definition) is 1. The van der Waals surface area contributed by atoms with Crippen LogP contribution in [0.4, 0.5) is 8.78 Å². The first-order valence-corrected chi connectivity index (χ1v) is 10.2. The molecule has 0 saturated heterocycles. The Hall–Kier alpha value is -4.26. The molecule has 0 aromatic heterocycles. The summed E-state index contributed by atoms with van der Waals surface area (Å²) in [6, 6.07) is 22.9. The van der Waals surface area contributed by atoms with Crippen molar-refractivity contribution in [3.05, 3.63) is 108 Å². The van der Waals surface area contributed by atoms with Gasteiger partial charge in [0, 0.05) is 5.56 Å². The molecule has 4 rings (SSSR count). The number of hydrazone groups is 1. The molecule has 7 heteroatoms. The Bertz CT molecular complexity index is 1270. The van der Waals surface area contributed by atoms with Crippen molar-refractivity contribution >= 4 is 22.9 Å². The highest BCUT2D eigenvalue weighted by atomic mass is 19.1. The van der Waals surface area contributed by atoms with Gasteiger partial charge in [0.05, 0.1) is 6.21 Å². The highest BCUT2D eigenvalue weighted by Crippen LogP contribution is 2.27. The highest BCUT2D eigenvalue weighted by molar-refractivity contribution is 6.02. The molecule has 166 valence electrons. The molecule has 0 atom stereocenters. The number of fused-ring (bicyclic) bond motifs is 1. The molecule has 0 aliphatic rings.